The smallest absolute Gasteiger partial charge is 0.267 e. The van der Waals surface area contributed by atoms with Crippen molar-refractivity contribution in [1.82, 2.24) is 10.3 Å². The lowest BCUT2D eigenvalue weighted by molar-refractivity contribution is 0.0903. The third kappa shape index (κ3) is 3.21. The fourth-order valence-corrected chi connectivity index (χ4v) is 2.28. The summed E-state index contributed by atoms with van der Waals surface area (Å²) < 4.78 is 6.53. The molecule has 1 aromatic heterocycles. The summed E-state index contributed by atoms with van der Waals surface area (Å²) in [6, 6.07) is 1.84. The molecule has 0 radical (unpaired) electrons. The molecule has 4 nitrogen and oxygen atoms in total. The van der Waals surface area contributed by atoms with Crippen LogP contribution in [0.5, 0.6) is 0 Å². The number of carbonyl (C=O) groups is 1. The number of carbonyl (C=O) groups excluding carboxylic acids is 1. The van der Waals surface area contributed by atoms with Crippen LogP contribution in [-0.2, 0) is 4.74 Å². The molecule has 1 fully saturated rings. The highest BCUT2D eigenvalue weighted by Gasteiger charge is 2.15. The summed E-state index contributed by atoms with van der Waals surface area (Å²) in [6.45, 7) is 1.55. The first kappa shape index (κ1) is 11.9. The molecule has 0 aromatic carbocycles. The lowest BCUT2D eigenvalue weighted by Gasteiger charge is -2.09. The van der Waals surface area contributed by atoms with Crippen LogP contribution < -0.4 is 5.32 Å². The van der Waals surface area contributed by atoms with Crippen LogP contribution in [0, 0.1) is 3.57 Å². The normalized spacial score (nSPS) is 19.9. The second-order valence-electron chi connectivity index (χ2n) is 3.91. The van der Waals surface area contributed by atoms with E-state index in [1.165, 1.54) is 0 Å². The van der Waals surface area contributed by atoms with Crippen LogP contribution in [0.2, 0.25) is 0 Å². The Balaban J connectivity index is 1.71. The van der Waals surface area contributed by atoms with Gasteiger partial charge in [-0.2, -0.15) is 0 Å². The van der Waals surface area contributed by atoms with Gasteiger partial charge in [0.05, 0.1) is 6.10 Å². The maximum atomic E-state index is 11.6. The average molecular weight is 334 g/mol. The SMILES string of the molecule is O=C(NCC[C@@H]1CCCO1)c1cc(I)c[nH]1. The summed E-state index contributed by atoms with van der Waals surface area (Å²) in [5, 5.41) is 2.89. The topological polar surface area (TPSA) is 54.1 Å². The van der Waals surface area contributed by atoms with Crippen molar-refractivity contribution in [2.75, 3.05) is 13.2 Å². The van der Waals surface area contributed by atoms with E-state index in [2.05, 4.69) is 32.9 Å². The molecule has 1 aromatic rings. The van der Waals surface area contributed by atoms with Gasteiger partial charge >= 0.3 is 0 Å². The first-order chi connectivity index (χ1) is 7.75. The van der Waals surface area contributed by atoms with Crippen molar-refractivity contribution in [2.45, 2.75) is 25.4 Å². The number of rotatable bonds is 4. The molecule has 1 aliphatic rings. The second kappa shape index (κ2) is 5.67. The van der Waals surface area contributed by atoms with Crippen molar-refractivity contribution >= 4 is 28.5 Å². The number of aromatic amines is 1. The van der Waals surface area contributed by atoms with Crippen molar-refractivity contribution in [3.8, 4) is 0 Å². The van der Waals surface area contributed by atoms with Crippen LogP contribution >= 0.6 is 22.6 Å². The zero-order valence-electron chi connectivity index (χ0n) is 8.96. The number of H-pyrrole nitrogens is 1. The summed E-state index contributed by atoms with van der Waals surface area (Å²) in [7, 11) is 0. The van der Waals surface area contributed by atoms with Crippen LogP contribution in [-0.4, -0.2) is 30.1 Å². The number of amides is 1. The molecule has 1 aliphatic heterocycles. The van der Waals surface area contributed by atoms with Crippen LogP contribution in [0.25, 0.3) is 0 Å². The fraction of sp³-hybridized carbons (Fsp3) is 0.545. The van der Waals surface area contributed by atoms with Gasteiger partial charge in [0, 0.05) is 22.9 Å². The van der Waals surface area contributed by atoms with Gasteiger partial charge in [0.1, 0.15) is 5.69 Å². The summed E-state index contributed by atoms with van der Waals surface area (Å²) in [5.74, 6) is -0.0408. The van der Waals surface area contributed by atoms with Gasteiger partial charge < -0.3 is 15.0 Å². The van der Waals surface area contributed by atoms with Gasteiger partial charge in [-0.25, -0.2) is 0 Å². The maximum absolute atomic E-state index is 11.6. The largest absolute Gasteiger partial charge is 0.378 e. The van der Waals surface area contributed by atoms with E-state index in [9.17, 15) is 4.79 Å². The minimum absolute atomic E-state index is 0.0408. The van der Waals surface area contributed by atoms with E-state index >= 15 is 0 Å². The Morgan fingerprint density at radius 3 is 3.19 bits per heavy atom. The van der Waals surface area contributed by atoms with E-state index in [1.54, 1.807) is 0 Å². The maximum Gasteiger partial charge on any atom is 0.267 e. The van der Waals surface area contributed by atoms with Gasteiger partial charge in [0.15, 0.2) is 0 Å². The minimum Gasteiger partial charge on any atom is -0.378 e. The Morgan fingerprint density at radius 2 is 2.56 bits per heavy atom. The molecule has 0 saturated carbocycles. The number of ether oxygens (including phenoxy) is 1. The zero-order valence-corrected chi connectivity index (χ0v) is 11.1. The Kier molecular flexibility index (Phi) is 4.22. The van der Waals surface area contributed by atoms with Crippen LogP contribution in [0.4, 0.5) is 0 Å². The lowest BCUT2D eigenvalue weighted by atomic mass is 10.2. The molecular weight excluding hydrogens is 319 g/mol. The highest BCUT2D eigenvalue weighted by Crippen LogP contribution is 2.14. The fourth-order valence-electron chi connectivity index (χ4n) is 1.81. The third-order valence-corrected chi connectivity index (χ3v) is 3.29. The Hall–Kier alpha value is -0.560. The monoisotopic (exact) mass is 334 g/mol. The Bertz CT molecular complexity index is 359. The predicted octanol–water partition coefficient (Wildman–Crippen LogP) is 1.92. The van der Waals surface area contributed by atoms with Crippen LogP contribution in [0.1, 0.15) is 29.8 Å². The highest BCUT2D eigenvalue weighted by atomic mass is 127. The molecule has 2 heterocycles. The molecule has 0 unspecified atom stereocenters. The zero-order chi connectivity index (χ0) is 11.4. The molecule has 2 N–H and O–H groups in total. The van der Waals surface area contributed by atoms with Gasteiger partial charge in [0.25, 0.3) is 5.91 Å². The van der Waals surface area contributed by atoms with Crippen molar-refractivity contribution in [1.29, 1.82) is 0 Å². The van der Waals surface area contributed by atoms with Crippen LogP contribution in [0.15, 0.2) is 12.3 Å². The summed E-state index contributed by atoms with van der Waals surface area (Å²) in [4.78, 5) is 14.6. The molecule has 0 aliphatic carbocycles. The molecule has 88 valence electrons. The van der Waals surface area contributed by atoms with Gasteiger partial charge in [-0.05, 0) is 47.9 Å². The van der Waals surface area contributed by atoms with Crippen molar-refractivity contribution < 1.29 is 9.53 Å². The first-order valence-corrected chi connectivity index (χ1v) is 6.57. The third-order valence-electron chi connectivity index (χ3n) is 2.67. The summed E-state index contributed by atoms with van der Waals surface area (Å²) in [6.07, 6.45) is 5.33. The van der Waals surface area contributed by atoms with E-state index in [4.69, 9.17) is 4.74 Å². The van der Waals surface area contributed by atoms with Crippen molar-refractivity contribution in [2.24, 2.45) is 0 Å². The molecule has 0 bridgehead atoms. The molecule has 1 atom stereocenters. The number of hydrogen-bond donors (Lipinski definition) is 2. The van der Waals surface area contributed by atoms with E-state index in [0.717, 1.165) is 29.4 Å². The predicted molar refractivity (Wildman–Crippen MR) is 69.4 cm³/mol. The molecule has 0 spiro atoms. The quantitative estimate of drug-likeness (QED) is 0.827. The van der Waals surface area contributed by atoms with Gasteiger partial charge in [-0.15, -0.1) is 0 Å². The van der Waals surface area contributed by atoms with Crippen molar-refractivity contribution in [3.05, 3.63) is 21.5 Å². The minimum atomic E-state index is -0.0408. The average Bonchev–Trinajstić information content (AvgIpc) is 2.89. The summed E-state index contributed by atoms with van der Waals surface area (Å²) in [5.41, 5.74) is 0.622. The molecule has 16 heavy (non-hydrogen) atoms. The Labute approximate surface area is 108 Å². The van der Waals surface area contributed by atoms with Crippen LogP contribution in [0.3, 0.4) is 0 Å². The van der Waals surface area contributed by atoms with E-state index in [0.29, 0.717) is 18.3 Å². The molecule has 1 amide bonds. The Morgan fingerprint density at radius 1 is 1.69 bits per heavy atom. The summed E-state index contributed by atoms with van der Waals surface area (Å²) >= 11 is 2.17. The van der Waals surface area contributed by atoms with E-state index in [-0.39, 0.29) is 5.91 Å². The van der Waals surface area contributed by atoms with Crippen molar-refractivity contribution in [3.63, 3.8) is 0 Å². The highest BCUT2D eigenvalue weighted by molar-refractivity contribution is 14.1. The number of nitrogens with one attached hydrogen (secondary N) is 2. The van der Waals surface area contributed by atoms with Gasteiger partial charge in [-0.1, -0.05) is 0 Å². The number of aromatic nitrogens is 1. The molecule has 1 saturated heterocycles. The second-order valence-corrected chi connectivity index (χ2v) is 5.16. The number of halogens is 1. The van der Waals surface area contributed by atoms with E-state index in [1.807, 2.05) is 12.3 Å². The molecular formula is C11H15IN2O2. The standard InChI is InChI=1S/C11H15IN2O2/c12-8-6-10(14-7-8)11(15)13-4-3-9-2-1-5-16-9/h6-7,9,14H,1-5H2,(H,13,15)/t9-/m0/s1. The van der Waals surface area contributed by atoms with Gasteiger partial charge in [0.2, 0.25) is 0 Å². The molecule has 2 rings (SSSR count). The van der Waals surface area contributed by atoms with E-state index < -0.39 is 0 Å². The number of hydrogen-bond acceptors (Lipinski definition) is 2. The van der Waals surface area contributed by atoms with Gasteiger partial charge in [-0.3, -0.25) is 4.79 Å². The lowest BCUT2D eigenvalue weighted by Crippen LogP contribution is -2.27. The molecule has 5 heteroatoms. The first-order valence-electron chi connectivity index (χ1n) is 5.49.